The summed E-state index contributed by atoms with van der Waals surface area (Å²) in [4.78, 5) is 13.3. The number of fused-ring (bicyclic) bond motifs is 1. The van der Waals surface area contributed by atoms with Gasteiger partial charge in [0.25, 0.3) is 0 Å². The van der Waals surface area contributed by atoms with Gasteiger partial charge in [0.05, 0.1) is 11.4 Å². The number of aromatic nitrogens is 2. The maximum Gasteiger partial charge on any atom is 0.247 e. The summed E-state index contributed by atoms with van der Waals surface area (Å²) in [6.45, 7) is 6.80. The summed E-state index contributed by atoms with van der Waals surface area (Å²) in [7, 11) is 0. The molecule has 0 aliphatic heterocycles. The van der Waals surface area contributed by atoms with Crippen molar-refractivity contribution in [1.29, 1.82) is 0 Å². The highest BCUT2D eigenvalue weighted by Crippen LogP contribution is 2.46. The molecule has 1 aliphatic rings. The van der Waals surface area contributed by atoms with E-state index in [2.05, 4.69) is 45.0 Å². The summed E-state index contributed by atoms with van der Waals surface area (Å²) < 4.78 is 1.76. The molecule has 3 nitrogen and oxygen atoms in total. The Morgan fingerprint density at radius 1 is 1.03 bits per heavy atom. The highest BCUT2D eigenvalue weighted by molar-refractivity contribution is 5.81. The van der Waals surface area contributed by atoms with Crippen molar-refractivity contribution in [2.75, 3.05) is 0 Å². The largest absolute Gasteiger partial charge is 0.273 e. The lowest BCUT2D eigenvalue weighted by Gasteiger charge is -2.30. The van der Waals surface area contributed by atoms with E-state index < -0.39 is 0 Å². The third kappa shape index (κ3) is 3.91. The van der Waals surface area contributed by atoms with Crippen LogP contribution in [0.3, 0.4) is 0 Å². The Kier molecular flexibility index (Phi) is 5.66. The van der Waals surface area contributed by atoms with Gasteiger partial charge in [-0.15, -0.1) is 0 Å². The second-order valence-electron chi connectivity index (χ2n) is 8.63. The number of hydrogen-bond donors (Lipinski definition) is 0. The number of hydrogen-bond acceptors (Lipinski definition) is 2. The predicted molar refractivity (Wildman–Crippen MR) is 118 cm³/mol. The van der Waals surface area contributed by atoms with E-state index in [1.165, 1.54) is 11.1 Å². The van der Waals surface area contributed by atoms with Crippen LogP contribution in [0.1, 0.15) is 73.5 Å². The van der Waals surface area contributed by atoms with Gasteiger partial charge in [0.15, 0.2) is 0 Å². The van der Waals surface area contributed by atoms with Gasteiger partial charge < -0.3 is 0 Å². The van der Waals surface area contributed by atoms with E-state index in [0.29, 0.717) is 24.2 Å². The van der Waals surface area contributed by atoms with Crippen molar-refractivity contribution in [1.82, 2.24) is 9.78 Å². The lowest BCUT2D eigenvalue weighted by atomic mass is 9.75. The zero-order chi connectivity index (χ0) is 20.4. The van der Waals surface area contributed by atoms with E-state index in [4.69, 9.17) is 5.10 Å². The van der Waals surface area contributed by atoms with Crippen molar-refractivity contribution < 1.29 is 4.79 Å². The average Bonchev–Trinajstić information content (AvgIpc) is 3.15. The zero-order valence-corrected chi connectivity index (χ0v) is 17.6. The Hall–Kier alpha value is -2.68. The predicted octanol–water partition coefficient (Wildman–Crippen LogP) is 6.46. The molecule has 2 aromatic carbocycles. The standard InChI is InChI=1S/C26H30N2O/c1-18(2)22-16-14-19(3)24-25(21-12-8-5-9-13-21)27-28(26(22)24)23(29)17-15-20-10-6-4-7-11-20/h4-13,18-19,22H,14-17H2,1-3H3/t19-,22-/m0/s1. The fourth-order valence-electron chi connectivity index (χ4n) is 4.65. The fourth-order valence-corrected chi connectivity index (χ4v) is 4.65. The first-order valence-electron chi connectivity index (χ1n) is 10.8. The van der Waals surface area contributed by atoms with Gasteiger partial charge in [0, 0.05) is 23.5 Å². The monoisotopic (exact) mass is 386 g/mol. The minimum atomic E-state index is 0.104. The van der Waals surface area contributed by atoms with E-state index in [-0.39, 0.29) is 5.91 Å². The Morgan fingerprint density at radius 3 is 2.34 bits per heavy atom. The van der Waals surface area contributed by atoms with Gasteiger partial charge in [-0.3, -0.25) is 4.79 Å². The summed E-state index contributed by atoms with van der Waals surface area (Å²) in [6.07, 6.45) is 3.50. The van der Waals surface area contributed by atoms with Crippen LogP contribution < -0.4 is 0 Å². The smallest absolute Gasteiger partial charge is 0.247 e. The molecular weight excluding hydrogens is 356 g/mol. The quantitative estimate of drug-likeness (QED) is 0.504. The lowest BCUT2D eigenvalue weighted by molar-refractivity contribution is 0.0879. The molecule has 29 heavy (non-hydrogen) atoms. The maximum atomic E-state index is 13.3. The Bertz CT molecular complexity index is 973. The minimum Gasteiger partial charge on any atom is -0.273 e. The van der Waals surface area contributed by atoms with E-state index in [1.54, 1.807) is 4.68 Å². The first-order chi connectivity index (χ1) is 14.1. The number of aryl methyl sites for hydroxylation is 1. The molecule has 3 heteroatoms. The first-order valence-corrected chi connectivity index (χ1v) is 10.8. The van der Waals surface area contributed by atoms with Crippen molar-refractivity contribution >= 4 is 5.91 Å². The van der Waals surface area contributed by atoms with Gasteiger partial charge in [-0.05, 0) is 36.7 Å². The number of carbonyl (C=O) groups is 1. The Balaban J connectivity index is 1.75. The molecule has 0 bridgehead atoms. The molecule has 0 unspecified atom stereocenters. The van der Waals surface area contributed by atoms with Crippen LogP contribution in [-0.2, 0) is 6.42 Å². The fraction of sp³-hybridized carbons (Fsp3) is 0.385. The van der Waals surface area contributed by atoms with Gasteiger partial charge in [-0.25, -0.2) is 4.68 Å². The second kappa shape index (κ2) is 8.36. The Morgan fingerprint density at radius 2 is 1.69 bits per heavy atom. The number of nitrogens with zero attached hydrogens (tertiary/aromatic N) is 2. The number of benzene rings is 2. The van der Waals surface area contributed by atoms with E-state index >= 15 is 0 Å². The van der Waals surface area contributed by atoms with Gasteiger partial charge in [-0.2, -0.15) is 5.10 Å². The zero-order valence-electron chi connectivity index (χ0n) is 17.6. The molecule has 0 spiro atoms. The molecule has 0 saturated heterocycles. The molecule has 0 amide bonds. The highest BCUT2D eigenvalue weighted by atomic mass is 16.2. The molecule has 0 fully saturated rings. The molecular formula is C26H30N2O. The molecule has 1 heterocycles. The van der Waals surface area contributed by atoms with Crippen molar-refractivity contribution in [3.63, 3.8) is 0 Å². The molecule has 150 valence electrons. The third-order valence-corrected chi connectivity index (χ3v) is 6.27. The van der Waals surface area contributed by atoms with E-state index in [1.807, 2.05) is 36.4 Å². The Labute approximate surface area is 173 Å². The summed E-state index contributed by atoms with van der Waals surface area (Å²) in [6, 6.07) is 20.6. The molecule has 1 aromatic heterocycles. The second-order valence-corrected chi connectivity index (χ2v) is 8.63. The van der Waals surface area contributed by atoms with Crippen LogP contribution in [0.15, 0.2) is 60.7 Å². The van der Waals surface area contributed by atoms with Crippen molar-refractivity contribution in [3.8, 4) is 11.3 Å². The van der Waals surface area contributed by atoms with Crippen molar-refractivity contribution in [2.45, 2.75) is 58.3 Å². The van der Waals surface area contributed by atoms with Crippen LogP contribution in [0.5, 0.6) is 0 Å². The molecule has 2 atom stereocenters. The maximum absolute atomic E-state index is 13.3. The summed E-state index contributed by atoms with van der Waals surface area (Å²) in [5, 5.41) is 4.92. The molecule has 0 saturated carbocycles. The van der Waals surface area contributed by atoms with Crippen molar-refractivity contribution in [2.24, 2.45) is 5.92 Å². The molecule has 4 rings (SSSR count). The number of rotatable bonds is 5. The van der Waals surface area contributed by atoms with Gasteiger partial charge in [0.2, 0.25) is 5.91 Å². The van der Waals surface area contributed by atoms with Gasteiger partial charge in [0.1, 0.15) is 0 Å². The third-order valence-electron chi connectivity index (χ3n) is 6.27. The van der Waals surface area contributed by atoms with Crippen LogP contribution in [0.4, 0.5) is 0 Å². The number of carbonyl (C=O) groups excluding carboxylic acids is 1. The van der Waals surface area contributed by atoms with Crippen LogP contribution in [0.25, 0.3) is 11.3 Å². The first kappa shape index (κ1) is 19.6. The van der Waals surface area contributed by atoms with Crippen LogP contribution in [-0.4, -0.2) is 15.7 Å². The van der Waals surface area contributed by atoms with Crippen LogP contribution in [0, 0.1) is 5.92 Å². The summed E-state index contributed by atoms with van der Waals surface area (Å²) in [5.74, 6) is 1.40. The molecule has 0 radical (unpaired) electrons. The normalized spacial score (nSPS) is 18.6. The van der Waals surface area contributed by atoms with Crippen molar-refractivity contribution in [3.05, 3.63) is 77.5 Å². The molecule has 3 aromatic rings. The van der Waals surface area contributed by atoms with Crippen LogP contribution in [0.2, 0.25) is 0 Å². The SMILES string of the molecule is CC(C)[C@@H]1CC[C@H](C)c2c(-c3ccccc3)nn(C(=O)CCc3ccccc3)c21. The summed E-state index contributed by atoms with van der Waals surface area (Å²) >= 11 is 0. The van der Waals surface area contributed by atoms with Gasteiger partial charge in [-0.1, -0.05) is 81.4 Å². The highest BCUT2D eigenvalue weighted by Gasteiger charge is 2.35. The molecule has 1 aliphatic carbocycles. The topological polar surface area (TPSA) is 34.9 Å². The van der Waals surface area contributed by atoms with E-state index in [9.17, 15) is 4.79 Å². The van der Waals surface area contributed by atoms with E-state index in [0.717, 1.165) is 36.2 Å². The summed E-state index contributed by atoms with van der Waals surface area (Å²) in [5.41, 5.74) is 5.74. The minimum absolute atomic E-state index is 0.104. The lowest BCUT2D eigenvalue weighted by Crippen LogP contribution is -2.24. The van der Waals surface area contributed by atoms with Crippen LogP contribution >= 0.6 is 0 Å². The average molecular weight is 387 g/mol. The molecule has 0 N–H and O–H groups in total. The van der Waals surface area contributed by atoms with Gasteiger partial charge >= 0.3 is 0 Å².